The van der Waals surface area contributed by atoms with Gasteiger partial charge in [0.25, 0.3) is 0 Å². The molecule has 3 N–H and O–H groups in total. The van der Waals surface area contributed by atoms with Gasteiger partial charge in [-0.15, -0.1) is 0 Å². The minimum absolute atomic E-state index is 0.166. The number of aliphatic hydroxyl groups excluding tert-OH is 3. The molecule has 1 aromatic carbocycles. The smallest absolute Gasteiger partial charge is 0.337 e. The molecule has 0 amide bonds. The molecule has 0 fully saturated rings. The molecular formula is C12H16O5. The Kier molecular flexibility index (Phi) is 4.62. The lowest BCUT2D eigenvalue weighted by atomic mass is 9.96. The molecule has 2 unspecified atom stereocenters. The van der Waals surface area contributed by atoms with Crippen LogP contribution in [0, 0.1) is 6.92 Å². The van der Waals surface area contributed by atoms with E-state index in [-0.39, 0.29) is 6.61 Å². The lowest BCUT2D eigenvalue weighted by Crippen LogP contribution is -2.29. The first-order valence-electron chi connectivity index (χ1n) is 5.16. The largest absolute Gasteiger partial charge is 0.467 e. The molecule has 17 heavy (non-hydrogen) atoms. The Balaban J connectivity index is 3.04. The van der Waals surface area contributed by atoms with Crippen molar-refractivity contribution in [1.29, 1.82) is 0 Å². The van der Waals surface area contributed by atoms with Crippen molar-refractivity contribution in [2.45, 2.75) is 25.7 Å². The molecule has 94 valence electrons. The monoisotopic (exact) mass is 240 g/mol. The normalized spacial score (nSPS) is 14.2. The number of rotatable bonds is 4. The summed E-state index contributed by atoms with van der Waals surface area (Å²) in [5.41, 5.74) is 1.68. The second kappa shape index (κ2) is 5.77. The van der Waals surface area contributed by atoms with Gasteiger partial charge in [0.2, 0.25) is 0 Å². The second-order valence-electron chi connectivity index (χ2n) is 3.70. The summed E-state index contributed by atoms with van der Waals surface area (Å²) in [7, 11) is 1.13. The number of carbonyl (C=O) groups is 1. The minimum Gasteiger partial charge on any atom is -0.467 e. The fraction of sp³-hybridized carbons (Fsp3) is 0.417. The Labute approximate surface area is 99.3 Å². The van der Waals surface area contributed by atoms with Crippen LogP contribution in [0.15, 0.2) is 18.2 Å². The Hall–Kier alpha value is -1.43. The summed E-state index contributed by atoms with van der Waals surface area (Å²) in [6.07, 6.45) is -3.00. The molecule has 1 aromatic rings. The highest BCUT2D eigenvalue weighted by molar-refractivity contribution is 5.75. The van der Waals surface area contributed by atoms with Crippen molar-refractivity contribution >= 4 is 5.97 Å². The molecule has 5 nitrogen and oxygen atoms in total. The molecule has 0 heterocycles. The Bertz CT molecular complexity index is 402. The van der Waals surface area contributed by atoms with E-state index < -0.39 is 18.2 Å². The van der Waals surface area contributed by atoms with Crippen molar-refractivity contribution in [3.63, 3.8) is 0 Å². The summed E-state index contributed by atoms with van der Waals surface area (Å²) < 4.78 is 4.35. The number of ether oxygens (including phenoxy) is 1. The van der Waals surface area contributed by atoms with Gasteiger partial charge in [-0.1, -0.05) is 18.2 Å². The molecule has 5 heteroatoms. The summed E-state index contributed by atoms with van der Waals surface area (Å²) in [4.78, 5) is 11.1. The molecule has 0 aliphatic heterocycles. The van der Waals surface area contributed by atoms with Crippen LogP contribution in [0.1, 0.15) is 22.8 Å². The quantitative estimate of drug-likeness (QED) is 0.647. The van der Waals surface area contributed by atoms with Gasteiger partial charge < -0.3 is 20.1 Å². The predicted molar refractivity (Wildman–Crippen MR) is 60.1 cm³/mol. The van der Waals surface area contributed by atoms with Crippen LogP contribution >= 0.6 is 0 Å². The van der Waals surface area contributed by atoms with E-state index in [1.807, 2.05) is 0 Å². The van der Waals surface area contributed by atoms with E-state index in [0.717, 1.165) is 7.11 Å². The molecule has 2 atom stereocenters. The third-order valence-corrected chi connectivity index (χ3v) is 2.72. The average molecular weight is 240 g/mol. The van der Waals surface area contributed by atoms with E-state index >= 15 is 0 Å². The Morgan fingerprint density at radius 2 is 2.06 bits per heavy atom. The summed E-state index contributed by atoms with van der Waals surface area (Å²) in [6.45, 7) is 1.54. The lowest BCUT2D eigenvalue weighted by Gasteiger charge is -2.19. The SMILES string of the molecule is COC(=O)C(O)C(O)c1cccc(CO)c1C. The van der Waals surface area contributed by atoms with E-state index in [1.54, 1.807) is 25.1 Å². The van der Waals surface area contributed by atoms with Gasteiger partial charge in [0.1, 0.15) is 6.10 Å². The minimum atomic E-state index is -1.63. The summed E-state index contributed by atoms with van der Waals surface area (Å²) in [6, 6.07) is 4.93. The van der Waals surface area contributed by atoms with Crippen LogP contribution < -0.4 is 0 Å². The van der Waals surface area contributed by atoms with Crippen LogP contribution in [0.2, 0.25) is 0 Å². The number of hydrogen-bond acceptors (Lipinski definition) is 5. The van der Waals surface area contributed by atoms with Crippen molar-refractivity contribution < 1.29 is 24.9 Å². The fourth-order valence-corrected chi connectivity index (χ4v) is 1.61. The highest BCUT2D eigenvalue weighted by atomic mass is 16.5. The third kappa shape index (κ3) is 2.82. The van der Waals surface area contributed by atoms with E-state index in [4.69, 9.17) is 5.11 Å². The molecule has 0 saturated heterocycles. The van der Waals surface area contributed by atoms with E-state index in [1.165, 1.54) is 0 Å². The van der Waals surface area contributed by atoms with Crippen LogP contribution in [0.4, 0.5) is 0 Å². The summed E-state index contributed by atoms with van der Waals surface area (Å²) >= 11 is 0. The van der Waals surface area contributed by atoms with Crippen LogP contribution in [0.5, 0.6) is 0 Å². The molecule has 0 bridgehead atoms. The fourth-order valence-electron chi connectivity index (χ4n) is 1.61. The maximum atomic E-state index is 11.1. The van der Waals surface area contributed by atoms with Crippen molar-refractivity contribution in [3.05, 3.63) is 34.9 Å². The number of benzene rings is 1. The van der Waals surface area contributed by atoms with Crippen molar-refractivity contribution in [2.75, 3.05) is 7.11 Å². The summed E-state index contributed by atoms with van der Waals surface area (Å²) in [5, 5.41) is 28.5. The van der Waals surface area contributed by atoms with Gasteiger partial charge in [0.15, 0.2) is 6.10 Å². The van der Waals surface area contributed by atoms with Gasteiger partial charge in [-0.25, -0.2) is 4.79 Å². The van der Waals surface area contributed by atoms with Crippen LogP contribution in [0.25, 0.3) is 0 Å². The van der Waals surface area contributed by atoms with Gasteiger partial charge in [0, 0.05) is 0 Å². The molecule has 1 rings (SSSR count). The molecule has 0 aliphatic rings. The number of aliphatic hydroxyl groups is 3. The first-order chi connectivity index (χ1) is 8.02. The second-order valence-corrected chi connectivity index (χ2v) is 3.70. The van der Waals surface area contributed by atoms with Gasteiger partial charge in [-0.05, 0) is 23.6 Å². The molecule has 0 aliphatic carbocycles. The van der Waals surface area contributed by atoms with Gasteiger partial charge in [0.05, 0.1) is 13.7 Å². The van der Waals surface area contributed by atoms with Crippen LogP contribution in [-0.2, 0) is 16.1 Å². The van der Waals surface area contributed by atoms with Crippen LogP contribution in [-0.4, -0.2) is 34.5 Å². The number of methoxy groups -OCH3 is 1. The molecule has 0 radical (unpaired) electrons. The van der Waals surface area contributed by atoms with Gasteiger partial charge in [-0.2, -0.15) is 0 Å². The van der Waals surface area contributed by atoms with Gasteiger partial charge in [-0.3, -0.25) is 0 Å². The highest BCUT2D eigenvalue weighted by Crippen LogP contribution is 2.24. The van der Waals surface area contributed by atoms with E-state index in [0.29, 0.717) is 16.7 Å². The van der Waals surface area contributed by atoms with E-state index in [2.05, 4.69) is 4.74 Å². The molecule has 0 saturated carbocycles. The molecule has 0 spiro atoms. The number of esters is 1. The van der Waals surface area contributed by atoms with E-state index in [9.17, 15) is 15.0 Å². The maximum Gasteiger partial charge on any atom is 0.337 e. The number of carbonyl (C=O) groups excluding carboxylic acids is 1. The lowest BCUT2D eigenvalue weighted by molar-refractivity contribution is -0.156. The zero-order chi connectivity index (χ0) is 13.0. The first-order valence-corrected chi connectivity index (χ1v) is 5.16. The zero-order valence-corrected chi connectivity index (χ0v) is 9.75. The van der Waals surface area contributed by atoms with Crippen molar-refractivity contribution in [3.8, 4) is 0 Å². The summed E-state index contributed by atoms with van der Waals surface area (Å²) in [5.74, 6) is -0.897. The Morgan fingerprint density at radius 1 is 1.41 bits per heavy atom. The first kappa shape index (κ1) is 13.6. The zero-order valence-electron chi connectivity index (χ0n) is 9.75. The van der Waals surface area contributed by atoms with Crippen molar-refractivity contribution in [2.24, 2.45) is 0 Å². The molecular weight excluding hydrogens is 224 g/mol. The van der Waals surface area contributed by atoms with Crippen LogP contribution in [0.3, 0.4) is 0 Å². The predicted octanol–water partition coefficient (Wildman–Crippen LogP) is 0.0546. The maximum absolute atomic E-state index is 11.1. The Morgan fingerprint density at radius 3 is 2.59 bits per heavy atom. The van der Waals surface area contributed by atoms with Crippen molar-refractivity contribution in [1.82, 2.24) is 0 Å². The highest BCUT2D eigenvalue weighted by Gasteiger charge is 2.27. The average Bonchev–Trinajstić information content (AvgIpc) is 2.36. The number of hydrogen-bond donors (Lipinski definition) is 3. The third-order valence-electron chi connectivity index (χ3n) is 2.72. The molecule has 0 aromatic heterocycles. The van der Waals surface area contributed by atoms with Gasteiger partial charge >= 0.3 is 5.97 Å². The topological polar surface area (TPSA) is 87.0 Å². The standard InChI is InChI=1S/C12H16O5/c1-7-8(6-13)4-3-5-9(7)10(14)11(15)12(16)17-2/h3-5,10-11,13-15H,6H2,1-2H3.